The van der Waals surface area contributed by atoms with Crippen LogP contribution in [0, 0.1) is 17.8 Å². The fraction of sp³-hybridized carbons (Fsp3) is 0.596. The highest BCUT2D eigenvalue weighted by atomic mass is 16.6. The minimum Gasteiger partial charge on any atom is -0.467 e. The molecular formula is C47H69N5O10. The summed E-state index contributed by atoms with van der Waals surface area (Å²) in [5.41, 5.74) is 5.10. The van der Waals surface area contributed by atoms with Gasteiger partial charge >= 0.3 is 18.2 Å². The van der Waals surface area contributed by atoms with E-state index in [0.717, 1.165) is 11.1 Å². The van der Waals surface area contributed by atoms with Gasteiger partial charge in [0.25, 0.3) is 0 Å². The lowest BCUT2D eigenvalue weighted by molar-refractivity contribution is -0.153. The topological polar surface area (TPSA) is 213 Å². The average molecular weight is 864 g/mol. The van der Waals surface area contributed by atoms with E-state index in [2.05, 4.69) is 16.0 Å². The number of hydrogen-bond acceptors (Lipinski definition) is 11. The van der Waals surface area contributed by atoms with Crippen LogP contribution in [0.1, 0.15) is 105 Å². The van der Waals surface area contributed by atoms with Gasteiger partial charge in [-0.1, -0.05) is 74.5 Å². The number of carbonyl (C=O) groups excluding carboxylic acids is 7. The Hall–Kier alpha value is -5.31. The Morgan fingerprint density at radius 2 is 1.27 bits per heavy atom. The maximum Gasteiger partial charge on any atom is 0.408 e. The number of piperidine rings is 1. The van der Waals surface area contributed by atoms with Gasteiger partial charge in [0.15, 0.2) is 11.6 Å². The maximum atomic E-state index is 14.7. The first-order valence-corrected chi connectivity index (χ1v) is 21.6. The number of alkyl carbamates (subject to hydrolysis) is 2. The smallest absolute Gasteiger partial charge is 0.408 e. The number of nitrogens with zero attached hydrogens (tertiary/aromatic N) is 1. The normalized spacial score (nSPS) is 15.9. The highest BCUT2D eigenvalue weighted by molar-refractivity contribution is 6.13. The summed E-state index contributed by atoms with van der Waals surface area (Å²) in [7, 11) is 1.21. The van der Waals surface area contributed by atoms with E-state index in [4.69, 9.17) is 19.9 Å². The third-order valence-corrected chi connectivity index (χ3v) is 10.4. The quantitative estimate of drug-likeness (QED) is 0.0569. The van der Waals surface area contributed by atoms with Crippen molar-refractivity contribution < 1.29 is 47.8 Å². The summed E-state index contributed by atoms with van der Waals surface area (Å²) < 4.78 is 15.8. The number of ether oxygens (including phenoxy) is 3. The van der Waals surface area contributed by atoms with Gasteiger partial charge in [-0.15, -0.1) is 0 Å². The molecule has 0 saturated carbocycles. The van der Waals surface area contributed by atoms with Gasteiger partial charge in [0, 0.05) is 19.6 Å². The molecule has 0 bridgehead atoms. The molecule has 1 aliphatic rings. The molecule has 2 aromatic carbocycles. The highest BCUT2D eigenvalue weighted by Gasteiger charge is 2.47. The van der Waals surface area contributed by atoms with Gasteiger partial charge in [-0.05, 0) is 110 Å². The molecule has 3 rings (SSSR count). The number of Topliss-reactive ketones (excluding diaryl/α,β-unsaturated/α-hetero) is 2. The number of nitrogens with one attached hydrogen (secondary N) is 3. The first-order chi connectivity index (χ1) is 29.0. The lowest BCUT2D eigenvalue weighted by Crippen LogP contribution is -2.63. The molecule has 4 atom stereocenters. The molecule has 62 heavy (non-hydrogen) atoms. The Balaban J connectivity index is 1.90. The fourth-order valence-electron chi connectivity index (χ4n) is 7.40. The van der Waals surface area contributed by atoms with Crippen molar-refractivity contribution in [3.05, 3.63) is 71.8 Å². The van der Waals surface area contributed by atoms with Gasteiger partial charge in [0.05, 0.1) is 25.0 Å². The summed E-state index contributed by atoms with van der Waals surface area (Å²) in [6.07, 6.45) is -0.0474. The van der Waals surface area contributed by atoms with Gasteiger partial charge in [0.2, 0.25) is 11.8 Å². The van der Waals surface area contributed by atoms with Crippen molar-refractivity contribution in [3.8, 4) is 0 Å². The van der Waals surface area contributed by atoms with E-state index in [9.17, 15) is 33.6 Å². The van der Waals surface area contributed by atoms with E-state index in [0.29, 0.717) is 12.8 Å². The minimum atomic E-state index is -1.46. The second kappa shape index (κ2) is 23.2. The molecule has 1 saturated heterocycles. The summed E-state index contributed by atoms with van der Waals surface area (Å²) in [6, 6.07) is 16.2. The molecule has 0 aromatic heterocycles. The predicted molar refractivity (Wildman–Crippen MR) is 235 cm³/mol. The van der Waals surface area contributed by atoms with Gasteiger partial charge in [-0.25, -0.2) is 14.4 Å². The zero-order valence-electron chi connectivity index (χ0n) is 38.0. The molecule has 0 spiro atoms. The number of rotatable bonds is 20. The van der Waals surface area contributed by atoms with Crippen LogP contribution in [-0.2, 0) is 51.0 Å². The molecule has 0 radical (unpaired) electrons. The Morgan fingerprint density at radius 3 is 1.79 bits per heavy atom. The minimum absolute atomic E-state index is 0.00606. The largest absolute Gasteiger partial charge is 0.467 e. The number of unbranched alkanes of at least 4 members (excludes halogenated alkanes) is 1. The first-order valence-electron chi connectivity index (χ1n) is 21.6. The van der Waals surface area contributed by atoms with Crippen LogP contribution in [0.15, 0.2) is 60.7 Å². The van der Waals surface area contributed by atoms with Crippen LogP contribution in [-0.4, -0.2) is 102 Å². The van der Waals surface area contributed by atoms with Crippen LogP contribution in [0.5, 0.6) is 0 Å². The van der Waals surface area contributed by atoms with Crippen molar-refractivity contribution in [1.29, 1.82) is 0 Å². The van der Waals surface area contributed by atoms with E-state index in [-0.39, 0.29) is 64.1 Å². The number of methoxy groups -OCH3 is 1. The summed E-state index contributed by atoms with van der Waals surface area (Å²) in [4.78, 5) is 97.5. The number of ketones is 2. The van der Waals surface area contributed by atoms with Crippen molar-refractivity contribution in [2.75, 3.05) is 26.7 Å². The monoisotopic (exact) mass is 864 g/mol. The van der Waals surface area contributed by atoms with Crippen molar-refractivity contribution in [2.45, 2.75) is 136 Å². The number of carbonyl (C=O) groups is 7. The molecule has 5 N–H and O–H groups in total. The number of hydrogen-bond donors (Lipinski definition) is 4. The summed E-state index contributed by atoms with van der Waals surface area (Å²) in [5, 5.41) is 8.26. The first kappa shape index (κ1) is 51.0. The molecule has 1 heterocycles. The molecule has 0 aliphatic carbocycles. The van der Waals surface area contributed by atoms with E-state index in [1.54, 1.807) is 41.5 Å². The van der Waals surface area contributed by atoms with Crippen molar-refractivity contribution in [1.82, 2.24) is 20.9 Å². The maximum absolute atomic E-state index is 14.7. The second-order valence-electron chi connectivity index (χ2n) is 18.5. The average Bonchev–Trinajstić information content (AvgIpc) is 3.19. The SMILES string of the molecule is COC(=O)C1(NC(=O)OC(C)(C)C)CCN(C(=O)C(CCCCNC(=O)OC(C)(C)C)NC(=O)C(CC(C)C)C(=O)C(Cc2ccccc2)C(=O)C(N)Cc2ccccc2)CC1. The number of esters is 1. The fourth-order valence-corrected chi connectivity index (χ4v) is 7.40. The van der Waals surface area contributed by atoms with Crippen LogP contribution >= 0.6 is 0 Å². The molecule has 2 aromatic rings. The van der Waals surface area contributed by atoms with Crippen LogP contribution in [0.4, 0.5) is 9.59 Å². The second-order valence-corrected chi connectivity index (χ2v) is 18.5. The van der Waals surface area contributed by atoms with Crippen LogP contribution in [0.25, 0.3) is 0 Å². The zero-order chi connectivity index (χ0) is 46.3. The van der Waals surface area contributed by atoms with E-state index < -0.39 is 82.2 Å². The van der Waals surface area contributed by atoms with Gasteiger partial charge in [-0.2, -0.15) is 0 Å². The number of benzene rings is 2. The van der Waals surface area contributed by atoms with Crippen LogP contribution in [0.2, 0.25) is 0 Å². The van der Waals surface area contributed by atoms with Crippen molar-refractivity contribution >= 4 is 41.5 Å². The molecule has 15 heteroatoms. The van der Waals surface area contributed by atoms with Gasteiger partial charge in [0.1, 0.15) is 22.8 Å². The lowest BCUT2D eigenvalue weighted by Gasteiger charge is -2.41. The Bertz CT molecular complexity index is 1820. The molecule has 4 amide bonds. The van der Waals surface area contributed by atoms with Crippen LogP contribution in [0.3, 0.4) is 0 Å². The lowest BCUT2D eigenvalue weighted by atomic mass is 9.79. The Morgan fingerprint density at radius 1 is 0.742 bits per heavy atom. The molecule has 342 valence electrons. The summed E-state index contributed by atoms with van der Waals surface area (Å²) >= 11 is 0. The number of amides is 4. The van der Waals surface area contributed by atoms with Crippen molar-refractivity contribution in [2.24, 2.45) is 23.5 Å². The highest BCUT2D eigenvalue weighted by Crippen LogP contribution is 2.27. The predicted octanol–water partition coefficient (Wildman–Crippen LogP) is 5.45. The van der Waals surface area contributed by atoms with Crippen molar-refractivity contribution in [3.63, 3.8) is 0 Å². The third kappa shape index (κ3) is 16.5. The number of nitrogens with two attached hydrogens (primary N) is 1. The molecule has 1 aliphatic heterocycles. The summed E-state index contributed by atoms with van der Waals surface area (Å²) in [6.45, 7) is 14.4. The molecule has 4 unspecified atom stereocenters. The molecule has 1 fully saturated rings. The van der Waals surface area contributed by atoms with E-state index in [1.165, 1.54) is 12.0 Å². The molecular weight excluding hydrogens is 795 g/mol. The summed E-state index contributed by atoms with van der Waals surface area (Å²) in [5.74, 6) is -5.53. The number of likely N-dealkylation sites (tertiary alicyclic amines) is 1. The Kier molecular flexibility index (Phi) is 19.1. The molecule has 15 nitrogen and oxygen atoms in total. The van der Waals surface area contributed by atoms with E-state index in [1.807, 2.05) is 74.5 Å². The van der Waals surface area contributed by atoms with Crippen LogP contribution < -0.4 is 21.7 Å². The van der Waals surface area contributed by atoms with E-state index >= 15 is 0 Å². The standard InChI is InChI=1S/C47H69N5O10/c1-31(2)28-35(38(53)34(29-32-18-12-10-13-19-32)39(54)36(48)30-33-20-14-11-15-21-33)40(55)50-37(22-16-17-25-49-43(58)61-45(3,4)5)41(56)52-26-23-47(24-27-52,42(57)60-9)51-44(59)62-46(6,7)8/h10-15,18-21,31,34-37H,16-17,22-30,48H2,1-9H3,(H,49,58)(H,50,55)(H,51,59). The van der Waals surface area contributed by atoms with Gasteiger partial charge in [-0.3, -0.25) is 19.2 Å². The van der Waals surface area contributed by atoms with Gasteiger partial charge < -0.3 is 40.8 Å². The third-order valence-electron chi connectivity index (χ3n) is 10.4. The Labute approximate surface area is 366 Å². The zero-order valence-corrected chi connectivity index (χ0v) is 38.0.